The van der Waals surface area contributed by atoms with Crippen molar-refractivity contribution in [2.24, 2.45) is 0 Å². The summed E-state index contributed by atoms with van der Waals surface area (Å²) in [5.74, 6) is -1.41. The fourth-order valence-electron chi connectivity index (χ4n) is 2.55. The number of imide groups is 1. The number of alkyl halides is 3. The molecule has 0 aromatic heterocycles. The molecule has 0 aliphatic carbocycles. The van der Waals surface area contributed by atoms with Crippen LogP contribution in [-0.2, 0) is 11.0 Å². The Labute approximate surface area is 156 Å². The van der Waals surface area contributed by atoms with Crippen LogP contribution < -0.4 is 5.32 Å². The number of benzene rings is 2. The smallest absolute Gasteiger partial charge is 0.325 e. The van der Waals surface area contributed by atoms with Crippen molar-refractivity contribution in [2.45, 2.75) is 11.1 Å². The van der Waals surface area contributed by atoms with Crippen LogP contribution in [0.15, 0.2) is 47.4 Å². The Morgan fingerprint density at radius 3 is 2.48 bits per heavy atom. The lowest BCUT2D eigenvalue weighted by Crippen LogP contribution is -2.24. The number of hydrogen-bond acceptors (Lipinski definition) is 4. The maximum absolute atomic E-state index is 12.7. The first-order valence-electron chi connectivity index (χ1n) is 7.73. The van der Waals surface area contributed by atoms with Crippen molar-refractivity contribution in [3.8, 4) is 0 Å². The van der Waals surface area contributed by atoms with Gasteiger partial charge < -0.3 is 5.32 Å². The van der Waals surface area contributed by atoms with Crippen molar-refractivity contribution >= 4 is 35.2 Å². The van der Waals surface area contributed by atoms with Gasteiger partial charge >= 0.3 is 6.18 Å². The van der Waals surface area contributed by atoms with Crippen LogP contribution in [0.5, 0.6) is 0 Å². The average Bonchev–Trinajstić information content (AvgIpc) is 2.84. The minimum atomic E-state index is -4.44. The maximum atomic E-state index is 12.7. The highest BCUT2D eigenvalue weighted by Crippen LogP contribution is 2.32. The molecule has 0 unspecified atom stereocenters. The third-order valence-electron chi connectivity index (χ3n) is 3.90. The number of amides is 3. The minimum Gasteiger partial charge on any atom is -0.325 e. The minimum absolute atomic E-state index is 0.106. The van der Waals surface area contributed by atoms with Crippen LogP contribution in [0.25, 0.3) is 0 Å². The van der Waals surface area contributed by atoms with Crippen molar-refractivity contribution in [1.82, 2.24) is 4.90 Å². The fourth-order valence-corrected chi connectivity index (χ4v) is 3.30. The number of nitrogens with one attached hydrogen (secondary N) is 1. The van der Waals surface area contributed by atoms with E-state index in [2.05, 4.69) is 5.32 Å². The van der Waals surface area contributed by atoms with Crippen LogP contribution in [0, 0.1) is 0 Å². The van der Waals surface area contributed by atoms with Gasteiger partial charge in [0.2, 0.25) is 5.91 Å². The Morgan fingerprint density at radius 1 is 1.07 bits per heavy atom. The van der Waals surface area contributed by atoms with Gasteiger partial charge in [-0.25, -0.2) is 0 Å². The summed E-state index contributed by atoms with van der Waals surface area (Å²) in [6, 6.07) is 9.07. The van der Waals surface area contributed by atoms with Crippen molar-refractivity contribution < 1.29 is 27.6 Å². The Balaban J connectivity index is 1.64. The van der Waals surface area contributed by atoms with E-state index in [0.717, 1.165) is 28.8 Å². The summed E-state index contributed by atoms with van der Waals surface area (Å²) < 4.78 is 38.1. The van der Waals surface area contributed by atoms with Crippen LogP contribution in [0.1, 0.15) is 26.3 Å². The molecule has 3 rings (SSSR count). The van der Waals surface area contributed by atoms with Crippen LogP contribution in [0.3, 0.4) is 0 Å². The van der Waals surface area contributed by atoms with Gasteiger partial charge in [-0.3, -0.25) is 19.3 Å². The van der Waals surface area contributed by atoms with E-state index in [1.54, 1.807) is 0 Å². The lowest BCUT2D eigenvalue weighted by atomic mass is 10.1. The largest absolute Gasteiger partial charge is 0.416 e. The number of rotatable bonds is 4. The lowest BCUT2D eigenvalue weighted by molar-refractivity contribution is -0.137. The van der Waals surface area contributed by atoms with Crippen molar-refractivity contribution in [3.63, 3.8) is 0 Å². The zero-order valence-electron chi connectivity index (χ0n) is 14.0. The SMILES string of the molecule is CN1C(=O)c2ccc(NC(=O)CSc3cccc(C(F)(F)F)c3)cc2C1=O. The molecule has 0 radical (unpaired) electrons. The van der Waals surface area contributed by atoms with E-state index in [4.69, 9.17) is 0 Å². The number of fused-ring (bicyclic) bond motifs is 1. The zero-order chi connectivity index (χ0) is 19.8. The van der Waals surface area contributed by atoms with Crippen molar-refractivity contribution in [3.05, 3.63) is 59.2 Å². The van der Waals surface area contributed by atoms with E-state index in [1.807, 2.05) is 0 Å². The van der Waals surface area contributed by atoms with Gasteiger partial charge in [-0.1, -0.05) is 6.07 Å². The lowest BCUT2D eigenvalue weighted by Gasteiger charge is -2.09. The molecule has 1 heterocycles. The molecule has 5 nitrogen and oxygen atoms in total. The number of anilines is 1. The summed E-state index contributed by atoms with van der Waals surface area (Å²) in [6.07, 6.45) is -4.44. The second-order valence-electron chi connectivity index (χ2n) is 5.79. The van der Waals surface area contributed by atoms with Gasteiger partial charge in [-0.05, 0) is 36.4 Å². The summed E-state index contributed by atoms with van der Waals surface area (Å²) in [4.78, 5) is 37.2. The highest BCUT2D eigenvalue weighted by atomic mass is 32.2. The molecule has 0 bridgehead atoms. The molecule has 3 amide bonds. The summed E-state index contributed by atoms with van der Waals surface area (Å²) in [7, 11) is 1.37. The highest BCUT2D eigenvalue weighted by Gasteiger charge is 2.33. The number of nitrogens with zero attached hydrogens (tertiary/aromatic N) is 1. The molecule has 9 heteroatoms. The molecule has 0 spiro atoms. The summed E-state index contributed by atoms with van der Waals surface area (Å²) in [5.41, 5.74) is 0.0170. The van der Waals surface area contributed by atoms with E-state index in [-0.39, 0.29) is 16.9 Å². The molecule has 1 N–H and O–H groups in total. The first kappa shape index (κ1) is 19.0. The van der Waals surface area contributed by atoms with Gasteiger partial charge in [-0.2, -0.15) is 13.2 Å². The third-order valence-corrected chi connectivity index (χ3v) is 4.90. The monoisotopic (exact) mass is 394 g/mol. The first-order chi connectivity index (χ1) is 12.7. The van der Waals surface area contributed by atoms with E-state index in [1.165, 1.54) is 37.4 Å². The second kappa shape index (κ2) is 7.07. The Kier molecular flexibility index (Phi) is 4.97. The van der Waals surface area contributed by atoms with E-state index in [9.17, 15) is 27.6 Å². The number of halogens is 3. The van der Waals surface area contributed by atoms with E-state index >= 15 is 0 Å². The van der Waals surface area contributed by atoms with Gasteiger partial charge in [0, 0.05) is 17.6 Å². The molecule has 2 aromatic carbocycles. The second-order valence-corrected chi connectivity index (χ2v) is 6.84. The van der Waals surface area contributed by atoms with Gasteiger partial charge in [0.25, 0.3) is 11.8 Å². The topological polar surface area (TPSA) is 66.5 Å². The molecule has 140 valence electrons. The molecular formula is C18H13F3N2O3S. The molecule has 0 fully saturated rings. The van der Waals surface area contributed by atoms with Crippen LogP contribution in [0.2, 0.25) is 0 Å². The molecule has 1 aliphatic heterocycles. The van der Waals surface area contributed by atoms with Gasteiger partial charge in [0.05, 0.1) is 22.4 Å². The normalized spacial score (nSPS) is 13.7. The number of hydrogen-bond donors (Lipinski definition) is 1. The summed E-state index contributed by atoms with van der Waals surface area (Å²) in [6.45, 7) is 0. The Hall–Kier alpha value is -2.81. The number of carbonyl (C=O) groups is 3. The zero-order valence-corrected chi connectivity index (χ0v) is 14.8. The molecule has 0 saturated heterocycles. The summed E-state index contributed by atoms with van der Waals surface area (Å²) >= 11 is 0.964. The predicted molar refractivity (Wildman–Crippen MR) is 93.7 cm³/mol. The quantitative estimate of drug-likeness (QED) is 0.635. The molecule has 0 saturated carbocycles. The maximum Gasteiger partial charge on any atom is 0.416 e. The number of thioether (sulfide) groups is 1. The average molecular weight is 394 g/mol. The van der Waals surface area contributed by atoms with Gasteiger partial charge in [0.15, 0.2) is 0 Å². The van der Waals surface area contributed by atoms with Crippen molar-refractivity contribution in [1.29, 1.82) is 0 Å². The molecule has 2 aromatic rings. The molecule has 1 aliphatic rings. The standard InChI is InChI=1S/C18H13F3N2O3S/c1-23-16(25)13-6-5-11(8-14(13)17(23)26)22-15(24)9-27-12-4-2-3-10(7-12)18(19,20)21/h2-8H,9H2,1H3,(H,22,24). The molecular weight excluding hydrogens is 381 g/mol. The number of carbonyl (C=O) groups excluding carboxylic acids is 3. The van der Waals surface area contributed by atoms with Gasteiger partial charge in [0.1, 0.15) is 0 Å². The van der Waals surface area contributed by atoms with Crippen LogP contribution >= 0.6 is 11.8 Å². The fraction of sp³-hybridized carbons (Fsp3) is 0.167. The Bertz CT molecular complexity index is 944. The van der Waals surface area contributed by atoms with E-state index in [0.29, 0.717) is 10.6 Å². The summed E-state index contributed by atoms with van der Waals surface area (Å²) in [5, 5.41) is 2.57. The van der Waals surface area contributed by atoms with Crippen LogP contribution in [-0.4, -0.2) is 35.4 Å². The van der Waals surface area contributed by atoms with Crippen molar-refractivity contribution in [2.75, 3.05) is 18.1 Å². The Morgan fingerprint density at radius 2 is 1.78 bits per heavy atom. The third kappa shape index (κ3) is 3.97. The van der Waals surface area contributed by atoms with E-state index < -0.39 is 29.5 Å². The van der Waals surface area contributed by atoms with Gasteiger partial charge in [-0.15, -0.1) is 11.8 Å². The molecule has 0 atom stereocenters. The highest BCUT2D eigenvalue weighted by molar-refractivity contribution is 8.00. The predicted octanol–water partition coefficient (Wildman–Crippen LogP) is 3.66. The molecule has 27 heavy (non-hydrogen) atoms. The first-order valence-corrected chi connectivity index (χ1v) is 8.72. The van der Waals surface area contributed by atoms with Crippen LogP contribution in [0.4, 0.5) is 18.9 Å².